The quantitative estimate of drug-likeness (QED) is 0.464. The first-order valence-corrected chi connectivity index (χ1v) is 7.41. The highest BCUT2D eigenvalue weighted by Crippen LogP contribution is 2.30. The molecule has 0 heterocycles. The molecule has 6 nitrogen and oxygen atoms in total. The van der Waals surface area contributed by atoms with Crippen molar-refractivity contribution in [1.29, 1.82) is 0 Å². The molecule has 0 rings (SSSR count). The largest absolute Gasteiger partial charge is 0.745 e. The highest BCUT2D eigenvalue weighted by Gasteiger charge is 2.31. The summed E-state index contributed by atoms with van der Waals surface area (Å²) in [5.74, 6) is 0. The van der Waals surface area contributed by atoms with Gasteiger partial charge in [0.15, 0.2) is 4.31 Å². The minimum atomic E-state index is -2.92. The first-order chi connectivity index (χ1) is 7.54. The summed E-state index contributed by atoms with van der Waals surface area (Å²) >= 11 is 0. The van der Waals surface area contributed by atoms with Gasteiger partial charge in [-0.2, -0.15) is 0 Å². The van der Waals surface area contributed by atoms with Crippen LogP contribution in [0.1, 0.15) is 45.4 Å². The van der Waals surface area contributed by atoms with Crippen LogP contribution in [0.3, 0.4) is 0 Å². The Hall–Kier alpha value is 0.0400. The van der Waals surface area contributed by atoms with Gasteiger partial charge in [-0.3, -0.25) is 0 Å². The zero-order chi connectivity index (χ0) is 12.8. The topological polar surface area (TPSA) is 104 Å². The number of aliphatic hydroxyl groups is 1. The van der Waals surface area contributed by atoms with Crippen LogP contribution < -0.4 is 0 Å². The van der Waals surface area contributed by atoms with Crippen LogP contribution in [0.15, 0.2) is 0 Å². The first kappa shape index (κ1) is 18.4. The molecule has 0 aliphatic carbocycles. The van der Waals surface area contributed by atoms with Crippen molar-refractivity contribution in [2.75, 3.05) is 6.61 Å². The molecule has 0 saturated carbocycles. The fraction of sp³-hybridized carbons (Fsp3) is 1.00. The van der Waals surface area contributed by atoms with Gasteiger partial charge in [0.05, 0.1) is 0 Å². The molecule has 16 heavy (non-hydrogen) atoms. The fourth-order valence-corrected chi connectivity index (χ4v) is 1.43. The molecule has 0 aromatic carbocycles. The Balaban J connectivity index is 0. The van der Waals surface area contributed by atoms with E-state index in [4.69, 9.17) is 14.9 Å². The van der Waals surface area contributed by atoms with E-state index in [1.165, 1.54) is 32.1 Å². The third kappa shape index (κ3) is 23.7. The Morgan fingerprint density at radius 2 is 1.38 bits per heavy atom. The highest BCUT2D eigenvalue weighted by molar-refractivity contribution is 7.46. The second-order valence-corrected chi connectivity index (χ2v) is 4.65. The molecule has 0 amide bonds. The Kier molecular flexibility index (Phi) is 17.3. The molecule has 3 N–H and O–H groups in total. The number of hydrogen-bond donors (Lipinski definition) is 3. The van der Waals surface area contributed by atoms with E-state index in [1.54, 1.807) is 0 Å². The van der Waals surface area contributed by atoms with E-state index in [2.05, 4.69) is 11.2 Å². The third-order valence-electron chi connectivity index (χ3n) is 1.65. The lowest BCUT2D eigenvalue weighted by Gasteiger charge is -1.95. The van der Waals surface area contributed by atoms with Gasteiger partial charge in [-0.05, 0) is 6.42 Å². The highest BCUT2D eigenvalue weighted by atomic mass is 31.2. The van der Waals surface area contributed by atoms with Crippen LogP contribution in [-0.4, -0.2) is 21.5 Å². The van der Waals surface area contributed by atoms with Crippen molar-refractivity contribution in [3.05, 3.63) is 0 Å². The number of hydrogen-bond acceptors (Lipinski definition) is 4. The molecule has 0 spiro atoms. The Morgan fingerprint density at radius 1 is 0.938 bits per heavy atom. The van der Waals surface area contributed by atoms with Gasteiger partial charge in [0.1, 0.15) is 0 Å². The summed E-state index contributed by atoms with van der Waals surface area (Å²) in [4.78, 5) is 15.3. The van der Waals surface area contributed by atoms with Crippen molar-refractivity contribution in [1.82, 2.24) is 0 Å². The molecule has 8 heteroatoms. The maximum absolute atomic E-state index is 9.39. The molecule has 2 atom stereocenters. The molecular weight excluding hydrogens is 254 g/mol. The average Bonchev–Trinajstić information content (AvgIpc) is 2.16. The number of aliphatic hydroxyl groups excluding tert-OH is 1. The molecule has 0 aliphatic rings. The van der Waals surface area contributed by atoms with Gasteiger partial charge in [-0.15, -0.1) is 9.79 Å². The van der Waals surface area contributed by atoms with E-state index in [0.717, 1.165) is 6.42 Å². The predicted octanol–water partition coefficient (Wildman–Crippen LogP) is 2.64. The SMILES string of the molecule is CCCCCCCCO.O=[P+](O)O[P+](=O)O. The summed E-state index contributed by atoms with van der Waals surface area (Å²) in [6, 6.07) is 0. The van der Waals surface area contributed by atoms with E-state index in [9.17, 15) is 9.13 Å². The van der Waals surface area contributed by atoms with Crippen LogP contribution >= 0.6 is 16.5 Å². The van der Waals surface area contributed by atoms with Crippen LogP contribution in [0.4, 0.5) is 0 Å². The maximum atomic E-state index is 9.39. The van der Waals surface area contributed by atoms with E-state index in [1.807, 2.05) is 0 Å². The molecule has 2 unspecified atom stereocenters. The Morgan fingerprint density at radius 3 is 1.69 bits per heavy atom. The monoisotopic (exact) mass is 274 g/mol. The van der Waals surface area contributed by atoms with Gasteiger partial charge >= 0.3 is 16.5 Å². The summed E-state index contributed by atoms with van der Waals surface area (Å²) in [6.07, 6.45) is 7.50. The molecule has 0 bridgehead atoms. The molecule has 0 aromatic rings. The molecule has 0 aromatic heterocycles. The van der Waals surface area contributed by atoms with Crippen LogP contribution in [0, 0.1) is 0 Å². The second-order valence-electron chi connectivity index (χ2n) is 3.05. The molecule has 96 valence electrons. The van der Waals surface area contributed by atoms with Gasteiger partial charge in [-0.25, -0.2) is 0 Å². The van der Waals surface area contributed by atoms with E-state index >= 15 is 0 Å². The van der Waals surface area contributed by atoms with Crippen molar-refractivity contribution in [3.8, 4) is 0 Å². The number of rotatable bonds is 8. The van der Waals surface area contributed by atoms with E-state index in [-0.39, 0.29) is 0 Å². The van der Waals surface area contributed by atoms with Gasteiger partial charge < -0.3 is 5.11 Å². The molecule has 0 aliphatic heterocycles. The zero-order valence-electron chi connectivity index (χ0n) is 9.41. The van der Waals surface area contributed by atoms with Gasteiger partial charge in [-0.1, -0.05) is 39.0 Å². The summed E-state index contributed by atoms with van der Waals surface area (Å²) in [7, 11) is -5.85. The lowest BCUT2D eigenvalue weighted by Crippen LogP contribution is -1.82. The standard InChI is InChI=1S/C8H18O.O5P2/c1-2-3-4-5-6-7-8-9;1-6(2)5-7(3)4/h9H,2-8H2,1H3;/p+2. The second kappa shape index (κ2) is 15.0. The number of unbranched alkanes of at least 4 members (excludes halogenated alkanes) is 5. The molecular formula is C8H20O6P2+2. The van der Waals surface area contributed by atoms with Gasteiger partial charge in [0, 0.05) is 15.7 Å². The third-order valence-corrected chi connectivity index (χ3v) is 2.77. The Labute approximate surface area is 97.6 Å². The Bertz CT molecular complexity index is 169. The van der Waals surface area contributed by atoms with Crippen LogP contribution in [-0.2, 0) is 13.4 Å². The van der Waals surface area contributed by atoms with Crippen molar-refractivity contribution >= 4 is 16.5 Å². The maximum Gasteiger partial charge on any atom is 0.745 e. The van der Waals surface area contributed by atoms with Crippen LogP contribution in [0.25, 0.3) is 0 Å². The lowest BCUT2D eigenvalue weighted by atomic mass is 10.1. The summed E-state index contributed by atoms with van der Waals surface area (Å²) in [5, 5.41) is 8.42. The van der Waals surface area contributed by atoms with Crippen LogP contribution in [0.5, 0.6) is 0 Å². The average molecular weight is 274 g/mol. The van der Waals surface area contributed by atoms with E-state index in [0.29, 0.717) is 6.61 Å². The summed E-state index contributed by atoms with van der Waals surface area (Å²) < 4.78 is 22.2. The smallest absolute Gasteiger partial charge is 0.396 e. The molecule has 0 radical (unpaired) electrons. The first-order valence-electron chi connectivity index (χ1n) is 5.15. The van der Waals surface area contributed by atoms with E-state index < -0.39 is 16.5 Å². The van der Waals surface area contributed by atoms with Crippen molar-refractivity contribution in [2.24, 2.45) is 0 Å². The fourth-order valence-electron chi connectivity index (χ4n) is 0.952. The molecule has 0 saturated heterocycles. The zero-order valence-corrected chi connectivity index (χ0v) is 11.2. The van der Waals surface area contributed by atoms with Crippen molar-refractivity contribution in [2.45, 2.75) is 45.4 Å². The minimum absolute atomic E-state index is 0.367. The normalized spacial score (nSPS) is 11.5. The van der Waals surface area contributed by atoms with Gasteiger partial charge in [0.2, 0.25) is 0 Å². The minimum Gasteiger partial charge on any atom is -0.396 e. The van der Waals surface area contributed by atoms with Crippen LogP contribution in [0.2, 0.25) is 0 Å². The predicted molar refractivity (Wildman–Crippen MR) is 61.2 cm³/mol. The van der Waals surface area contributed by atoms with Crippen molar-refractivity contribution < 1.29 is 28.3 Å². The lowest BCUT2D eigenvalue weighted by molar-refractivity contribution is 0.282. The molecule has 0 fully saturated rings. The summed E-state index contributed by atoms with van der Waals surface area (Å²) in [6.45, 7) is 2.58. The van der Waals surface area contributed by atoms with Gasteiger partial charge in [0.25, 0.3) is 0 Å². The van der Waals surface area contributed by atoms with Crippen molar-refractivity contribution in [3.63, 3.8) is 0 Å². The summed E-state index contributed by atoms with van der Waals surface area (Å²) in [5.41, 5.74) is 0.